The van der Waals surface area contributed by atoms with E-state index in [9.17, 15) is 9.59 Å². The van der Waals surface area contributed by atoms with E-state index in [4.69, 9.17) is 0 Å². The molecule has 2 rings (SSSR count). The molecule has 1 aliphatic rings. The smallest absolute Gasteiger partial charge is 0.260 e. The number of nitrogens with zero attached hydrogens (tertiary/aromatic N) is 1. The third kappa shape index (κ3) is 2.57. The zero-order valence-electron chi connectivity index (χ0n) is 10.3. The minimum Gasteiger partial charge on any atom is -0.338 e. The third-order valence-corrected chi connectivity index (χ3v) is 3.23. The average Bonchev–Trinajstić information content (AvgIpc) is 2.28. The molecule has 1 N–H and O–H groups in total. The van der Waals surface area contributed by atoms with Gasteiger partial charge < -0.3 is 9.88 Å². The molecule has 0 aliphatic carbocycles. The van der Waals surface area contributed by atoms with Crippen molar-refractivity contribution in [2.75, 3.05) is 13.1 Å². The standard InChI is InChI=1S/C13H18N2O2/c1-9-4-3-7-15(8-9)13(17)11-6-5-10(2)14-12(11)16/h5-6,9H,3-4,7-8H2,1-2H3,(H,14,16). The summed E-state index contributed by atoms with van der Waals surface area (Å²) in [5, 5.41) is 0. The Balaban J connectivity index is 2.22. The van der Waals surface area contributed by atoms with Gasteiger partial charge in [-0.3, -0.25) is 9.59 Å². The minimum atomic E-state index is -0.284. The van der Waals surface area contributed by atoms with Gasteiger partial charge >= 0.3 is 0 Å². The van der Waals surface area contributed by atoms with Gasteiger partial charge in [-0.1, -0.05) is 6.92 Å². The molecule has 1 fully saturated rings. The van der Waals surface area contributed by atoms with E-state index >= 15 is 0 Å². The summed E-state index contributed by atoms with van der Waals surface area (Å²) in [4.78, 5) is 28.3. The Kier molecular flexibility index (Phi) is 3.31. The first-order valence-corrected chi connectivity index (χ1v) is 6.07. The van der Waals surface area contributed by atoms with Gasteiger partial charge in [-0.25, -0.2) is 0 Å². The molecule has 92 valence electrons. The van der Waals surface area contributed by atoms with Crippen LogP contribution in [0, 0.1) is 12.8 Å². The Bertz CT molecular complexity index is 479. The van der Waals surface area contributed by atoms with Crippen LogP contribution in [0.3, 0.4) is 0 Å². The van der Waals surface area contributed by atoms with Crippen molar-refractivity contribution in [1.82, 2.24) is 9.88 Å². The molecular weight excluding hydrogens is 216 g/mol. The topological polar surface area (TPSA) is 53.2 Å². The fourth-order valence-corrected chi connectivity index (χ4v) is 2.28. The van der Waals surface area contributed by atoms with E-state index in [1.165, 1.54) is 0 Å². The third-order valence-electron chi connectivity index (χ3n) is 3.23. The first-order chi connectivity index (χ1) is 8.08. The molecule has 0 bridgehead atoms. The highest BCUT2D eigenvalue weighted by molar-refractivity contribution is 5.93. The summed E-state index contributed by atoms with van der Waals surface area (Å²) in [7, 11) is 0. The lowest BCUT2D eigenvalue weighted by Gasteiger charge is -2.30. The fraction of sp³-hybridized carbons (Fsp3) is 0.538. The van der Waals surface area contributed by atoms with E-state index in [-0.39, 0.29) is 17.0 Å². The monoisotopic (exact) mass is 234 g/mol. The summed E-state index contributed by atoms with van der Waals surface area (Å²) in [5.74, 6) is 0.384. The van der Waals surface area contributed by atoms with Crippen molar-refractivity contribution in [2.45, 2.75) is 26.7 Å². The van der Waals surface area contributed by atoms with Crippen molar-refractivity contribution in [3.8, 4) is 0 Å². The number of nitrogens with one attached hydrogen (secondary N) is 1. The van der Waals surface area contributed by atoms with E-state index in [1.807, 2.05) is 0 Å². The molecule has 4 heteroatoms. The molecule has 4 nitrogen and oxygen atoms in total. The maximum absolute atomic E-state index is 12.2. The predicted octanol–water partition coefficient (Wildman–Crippen LogP) is 1.56. The van der Waals surface area contributed by atoms with Crippen LogP contribution in [0.1, 0.15) is 35.8 Å². The Labute approximate surface area is 101 Å². The first kappa shape index (κ1) is 11.9. The molecule has 1 aliphatic heterocycles. The van der Waals surface area contributed by atoms with Gasteiger partial charge in [-0.2, -0.15) is 0 Å². The molecule has 1 amide bonds. The van der Waals surface area contributed by atoms with Crippen molar-refractivity contribution in [3.63, 3.8) is 0 Å². The van der Waals surface area contributed by atoms with Gasteiger partial charge in [0.25, 0.3) is 11.5 Å². The van der Waals surface area contributed by atoms with Crippen LogP contribution in [0.5, 0.6) is 0 Å². The Morgan fingerprint density at radius 1 is 1.47 bits per heavy atom. The highest BCUT2D eigenvalue weighted by Gasteiger charge is 2.23. The van der Waals surface area contributed by atoms with Gasteiger partial charge in [0.05, 0.1) is 0 Å². The highest BCUT2D eigenvalue weighted by Crippen LogP contribution is 2.16. The predicted molar refractivity (Wildman–Crippen MR) is 66.1 cm³/mol. The largest absolute Gasteiger partial charge is 0.338 e. The van der Waals surface area contributed by atoms with Gasteiger partial charge in [0.1, 0.15) is 5.56 Å². The maximum atomic E-state index is 12.2. The highest BCUT2D eigenvalue weighted by atomic mass is 16.2. The van der Waals surface area contributed by atoms with Crippen LogP contribution in [0.4, 0.5) is 0 Å². The number of amides is 1. The zero-order valence-corrected chi connectivity index (χ0v) is 10.3. The summed E-state index contributed by atoms with van der Waals surface area (Å²) in [5.41, 5.74) is 0.747. The van der Waals surface area contributed by atoms with Crippen LogP contribution in [0.15, 0.2) is 16.9 Å². The number of rotatable bonds is 1. The molecular formula is C13H18N2O2. The number of carbonyl (C=O) groups is 1. The van der Waals surface area contributed by atoms with E-state index in [2.05, 4.69) is 11.9 Å². The maximum Gasteiger partial charge on any atom is 0.260 e. The number of aryl methyl sites for hydroxylation is 1. The van der Waals surface area contributed by atoms with E-state index in [0.717, 1.165) is 31.6 Å². The average molecular weight is 234 g/mol. The van der Waals surface area contributed by atoms with E-state index in [0.29, 0.717) is 5.92 Å². The second-order valence-corrected chi connectivity index (χ2v) is 4.88. The van der Waals surface area contributed by atoms with E-state index < -0.39 is 0 Å². The molecule has 0 saturated carbocycles. The van der Waals surface area contributed by atoms with Crippen molar-refractivity contribution in [1.29, 1.82) is 0 Å². The number of pyridine rings is 1. The number of aromatic amines is 1. The Morgan fingerprint density at radius 2 is 2.24 bits per heavy atom. The molecule has 1 atom stereocenters. The molecule has 17 heavy (non-hydrogen) atoms. The van der Waals surface area contributed by atoms with E-state index in [1.54, 1.807) is 24.0 Å². The van der Waals surface area contributed by atoms with Crippen LogP contribution in [0.2, 0.25) is 0 Å². The van der Waals surface area contributed by atoms with Crippen LogP contribution >= 0.6 is 0 Å². The van der Waals surface area contributed by atoms with Crippen LogP contribution in [-0.2, 0) is 0 Å². The van der Waals surface area contributed by atoms with Crippen molar-refractivity contribution >= 4 is 5.91 Å². The lowest BCUT2D eigenvalue weighted by Crippen LogP contribution is -2.41. The molecule has 1 aromatic rings. The molecule has 0 radical (unpaired) electrons. The van der Waals surface area contributed by atoms with Crippen molar-refractivity contribution < 1.29 is 4.79 Å². The molecule has 0 aromatic carbocycles. The van der Waals surface area contributed by atoms with Gasteiger partial charge in [0.15, 0.2) is 0 Å². The number of aromatic nitrogens is 1. The van der Waals surface area contributed by atoms with Gasteiger partial charge in [0, 0.05) is 18.8 Å². The van der Waals surface area contributed by atoms with Crippen molar-refractivity contribution in [2.24, 2.45) is 5.92 Å². The lowest BCUT2D eigenvalue weighted by molar-refractivity contribution is 0.0681. The van der Waals surface area contributed by atoms with Crippen LogP contribution in [-0.4, -0.2) is 28.9 Å². The SMILES string of the molecule is Cc1ccc(C(=O)N2CCCC(C)C2)c(=O)[nH]1. The Hall–Kier alpha value is -1.58. The molecule has 2 heterocycles. The van der Waals surface area contributed by atoms with Crippen LogP contribution in [0.25, 0.3) is 0 Å². The van der Waals surface area contributed by atoms with Crippen LogP contribution < -0.4 is 5.56 Å². The van der Waals surface area contributed by atoms with Gasteiger partial charge in [0.2, 0.25) is 0 Å². The number of hydrogen-bond donors (Lipinski definition) is 1. The lowest BCUT2D eigenvalue weighted by atomic mass is 10.00. The number of H-pyrrole nitrogens is 1. The quantitative estimate of drug-likeness (QED) is 0.801. The fourth-order valence-electron chi connectivity index (χ4n) is 2.28. The van der Waals surface area contributed by atoms with Gasteiger partial charge in [-0.15, -0.1) is 0 Å². The summed E-state index contributed by atoms with van der Waals surface area (Å²) in [6.07, 6.45) is 2.19. The summed E-state index contributed by atoms with van der Waals surface area (Å²) in [6.45, 7) is 5.46. The zero-order chi connectivity index (χ0) is 12.4. The summed E-state index contributed by atoms with van der Waals surface area (Å²) < 4.78 is 0. The molecule has 1 saturated heterocycles. The normalized spacial score (nSPS) is 20.4. The second kappa shape index (κ2) is 4.73. The number of likely N-dealkylation sites (tertiary alicyclic amines) is 1. The minimum absolute atomic E-state index is 0.141. The summed E-state index contributed by atoms with van der Waals surface area (Å²) in [6, 6.07) is 3.39. The first-order valence-electron chi connectivity index (χ1n) is 6.07. The number of piperidine rings is 1. The number of carbonyl (C=O) groups excluding carboxylic acids is 1. The molecule has 0 spiro atoms. The second-order valence-electron chi connectivity index (χ2n) is 4.88. The molecule has 1 unspecified atom stereocenters. The van der Waals surface area contributed by atoms with Crippen molar-refractivity contribution in [3.05, 3.63) is 33.7 Å². The molecule has 1 aromatic heterocycles. The number of hydrogen-bond acceptors (Lipinski definition) is 2. The Morgan fingerprint density at radius 3 is 2.88 bits per heavy atom. The summed E-state index contributed by atoms with van der Waals surface area (Å²) >= 11 is 0. The van der Waals surface area contributed by atoms with Gasteiger partial charge in [-0.05, 0) is 37.8 Å².